The first-order valence-electron chi connectivity index (χ1n) is 7.02. The number of nitrogens with one attached hydrogen (secondary N) is 1. The van der Waals surface area contributed by atoms with E-state index in [1.807, 2.05) is 22.7 Å². The summed E-state index contributed by atoms with van der Waals surface area (Å²) in [6, 6.07) is 5.15. The fourth-order valence-corrected chi connectivity index (χ4v) is 3.55. The van der Waals surface area contributed by atoms with Gasteiger partial charge in [-0.15, -0.1) is 12.4 Å². The SMILES string of the molecule is Cl.Cn1ccnc1C1CNCCN1C(=O)c1ccc(Cl)cc1Br. The molecule has 1 amide bonds. The third-order valence-corrected chi connectivity index (χ3v) is 4.71. The van der Waals surface area contributed by atoms with Gasteiger partial charge in [0.2, 0.25) is 0 Å². The molecular weight excluding hydrogens is 403 g/mol. The molecule has 2 aromatic rings. The molecule has 0 bridgehead atoms. The molecule has 3 rings (SSSR count). The molecule has 1 aliphatic heterocycles. The summed E-state index contributed by atoms with van der Waals surface area (Å²) >= 11 is 9.39. The number of hydrogen-bond acceptors (Lipinski definition) is 3. The van der Waals surface area contributed by atoms with E-state index >= 15 is 0 Å². The highest BCUT2D eigenvalue weighted by Crippen LogP contribution is 2.27. The van der Waals surface area contributed by atoms with Crippen LogP contribution in [0.3, 0.4) is 0 Å². The Balaban J connectivity index is 0.00000192. The predicted molar refractivity (Wildman–Crippen MR) is 96.3 cm³/mol. The summed E-state index contributed by atoms with van der Waals surface area (Å²) in [4.78, 5) is 19.2. The highest BCUT2D eigenvalue weighted by atomic mass is 79.9. The second-order valence-corrected chi connectivity index (χ2v) is 6.53. The standard InChI is InChI=1S/C15H16BrClN4O.ClH/c1-20-6-5-19-14(20)13-9-18-4-7-21(13)15(22)11-3-2-10(17)8-12(11)16;/h2-3,5-6,8,13,18H,4,7,9H2,1H3;1H. The summed E-state index contributed by atoms with van der Waals surface area (Å²) in [6.07, 6.45) is 3.65. The first-order valence-corrected chi connectivity index (χ1v) is 8.19. The number of amides is 1. The number of aromatic nitrogens is 2. The maximum atomic E-state index is 12.9. The van der Waals surface area contributed by atoms with Gasteiger partial charge in [0.25, 0.3) is 5.91 Å². The van der Waals surface area contributed by atoms with Gasteiger partial charge in [0.05, 0.1) is 5.56 Å². The normalized spacial score (nSPS) is 17.7. The Hall–Kier alpha value is -1.08. The van der Waals surface area contributed by atoms with Gasteiger partial charge in [-0.05, 0) is 34.1 Å². The Morgan fingerprint density at radius 3 is 2.91 bits per heavy atom. The Bertz CT molecular complexity index is 707. The van der Waals surface area contributed by atoms with Gasteiger partial charge >= 0.3 is 0 Å². The molecule has 0 aliphatic carbocycles. The van der Waals surface area contributed by atoms with Crippen LogP contribution in [0.25, 0.3) is 0 Å². The first kappa shape index (κ1) is 18.3. The maximum absolute atomic E-state index is 12.9. The van der Waals surface area contributed by atoms with E-state index in [4.69, 9.17) is 11.6 Å². The lowest BCUT2D eigenvalue weighted by atomic mass is 10.1. The smallest absolute Gasteiger partial charge is 0.255 e. The van der Waals surface area contributed by atoms with Gasteiger partial charge in [-0.25, -0.2) is 4.98 Å². The monoisotopic (exact) mass is 418 g/mol. The van der Waals surface area contributed by atoms with Crippen LogP contribution < -0.4 is 5.32 Å². The number of imidazole rings is 1. The van der Waals surface area contributed by atoms with Crippen molar-refractivity contribution in [2.75, 3.05) is 19.6 Å². The average molecular weight is 420 g/mol. The van der Waals surface area contributed by atoms with E-state index in [0.29, 0.717) is 28.1 Å². The second kappa shape index (κ2) is 7.66. The molecule has 2 heterocycles. The van der Waals surface area contributed by atoms with Crippen molar-refractivity contribution in [3.63, 3.8) is 0 Å². The minimum atomic E-state index is -0.0798. The Kier molecular flexibility index (Phi) is 6.08. The van der Waals surface area contributed by atoms with Crippen LogP contribution >= 0.6 is 39.9 Å². The van der Waals surface area contributed by atoms with Gasteiger partial charge in [-0.2, -0.15) is 0 Å². The van der Waals surface area contributed by atoms with E-state index in [0.717, 1.165) is 12.4 Å². The van der Waals surface area contributed by atoms with Crippen molar-refractivity contribution in [3.05, 3.63) is 51.5 Å². The molecular formula is C15H17BrCl2N4O. The predicted octanol–water partition coefficient (Wildman–Crippen LogP) is 3.04. The van der Waals surface area contributed by atoms with E-state index in [-0.39, 0.29) is 24.4 Å². The maximum Gasteiger partial charge on any atom is 0.255 e. The van der Waals surface area contributed by atoms with Crippen molar-refractivity contribution in [1.82, 2.24) is 19.8 Å². The van der Waals surface area contributed by atoms with Gasteiger partial charge in [0.15, 0.2) is 0 Å². The minimum absolute atomic E-state index is 0. The van der Waals surface area contributed by atoms with Crippen LogP contribution in [0.2, 0.25) is 5.02 Å². The van der Waals surface area contributed by atoms with Crippen LogP contribution in [0.5, 0.6) is 0 Å². The van der Waals surface area contributed by atoms with Crippen LogP contribution in [0.1, 0.15) is 22.2 Å². The van der Waals surface area contributed by atoms with Gasteiger partial charge in [0.1, 0.15) is 11.9 Å². The molecule has 23 heavy (non-hydrogen) atoms. The van der Waals surface area contributed by atoms with Crippen LogP contribution in [0.15, 0.2) is 35.1 Å². The summed E-state index contributed by atoms with van der Waals surface area (Å²) in [5.41, 5.74) is 0.616. The Morgan fingerprint density at radius 1 is 1.48 bits per heavy atom. The molecule has 1 aromatic carbocycles. The second-order valence-electron chi connectivity index (χ2n) is 5.24. The number of aryl methyl sites for hydroxylation is 1. The van der Waals surface area contributed by atoms with E-state index in [1.54, 1.807) is 24.4 Å². The molecule has 1 aromatic heterocycles. The lowest BCUT2D eigenvalue weighted by molar-refractivity contribution is 0.0620. The lowest BCUT2D eigenvalue weighted by Gasteiger charge is -2.36. The molecule has 1 N–H and O–H groups in total. The Labute approximate surface area is 154 Å². The summed E-state index contributed by atoms with van der Waals surface area (Å²) in [7, 11) is 1.94. The zero-order chi connectivity index (χ0) is 15.7. The van der Waals surface area contributed by atoms with E-state index in [9.17, 15) is 4.79 Å². The molecule has 1 saturated heterocycles. The van der Waals surface area contributed by atoms with Crippen molar-refractivity contribution in [1.29, 1.82) is 0 Å². The number of carbonyl (C=O) groups excluding carboxylic acids is 1. The number of halogens is 3. The third kappa shape index (κ3) is 3.71. The zero-order valence-electron chi connectivity index (χ0n) is 12.5. The molecule has 5 nitrogen and oxygen atoms in total. The largest absolute Gasteiger partial charge is 0.336 e. The van der Waals surface area contributed by atoms with Crippen molar-refractivity contribution >= 4 is 45.8 Å². The lowest BCUT2D eigenvalue weighted by Crippen LogP contribution is -2.49. The number of piperazine rings is 1. The highest BCUT2D eigenvalue weighted by Gasteiger charge is 2.31. The number of benzene rings is 1. The van der Waals surface area contributed by atoms with Crippen molar-refractivity contribution < 1.29 is 4.79 Å². The average Bonchev–Trinajstić information content (AvgIpc) is 2.93. The molecule has 1 unspecified atom stereocenters. The highest BCUT2D eigenvalue weighted by molar-refractivity contribution is 9.10. The molecule has 124 valence electrons. The third-order valence-electron chi connectivity index (χ3n) is 3.82. The summed E-state index contributed by atoms with van der Waals surface area (Å²) in [5.74, 6) is 0.865. The number of nitrogens with zero attached hydrogens (tertiary/aromatic N) is 3. The van der Waals surface area contributed by atoms with Gasteiger partial charge in [0, 0.05) is 48.6 Å². The number of carbonyl (C=O) groups is 1. The van der Waals surface area contributed by atoms with Gasteiger partial charge in [-0.1, -0.05) is 11.6 Å². The summed E-state index contributed by atoms with van der Waals surface area (Å²) in [5, 5.41) is 3.93. The molecule has 1 atom stereocenters. The van der Waals surface area contributed by atoms with Crippen LogP contribution in [-0.4, -0.2) is 40.0 Å². The summed E-state index contributed by atoms with van der Waals surface area (Å²) < 4.78 is 2.66. The summed E-state index contributed by atoms with van der Waals surface area (Å²) in [6.45, 7) is 2.12. The van der Waals surface area contributed by atoms with Crippen LogP contribution in [-0.2, 0) is 7.05 Å². The van der Waals surface area contributed by atoms with Gasteiger partial charge in [-0.3, -0.25) is 4.79 Å². The molecule has 1 aliphatic rings. The quantitative estimate of drug-likeness (QED) is 0.813. The molecule has 8 heteroatoms. The van der Waals surface area contributed by atoms with Crippen LogP contribution in [0.4, 0.5) is 0 Å². The number of rotatable bonds is 2. The van der Waals surface area contributed by atoms with E-state index in [1.165, 1.54) is 0 Å². The fraction of sp³-hybridized carbons (Fsp3) is 0.333. The van der Waals surface area contributed by atoms with Crippen molar-refractivity contribution in [2.24, 2.45) is 7.05 Å². The first-order chi connectivity index (χ1) is 10.6. The van der Waals surface area contributed by atoms with Crippen molar-refractivity contribution in [3.8, 4) is 0 Å². The van der Waals surface area contributed by atoms with E-state index in [2.05, 4.69) is 26.2 Å². The minimum Gasteiger partial charge on any atom is -0.336 e. The Morgan fingerprint density at radius 2 is 2.26 bits per heavy atom. The number of hydrogen-bond donors (Lipinski definition) is 1. The molecule has 0 spiro atoms. The van der Waals surface area contributed by atoms with Gasteiger partial charge < -0.3 is 14.8 Å². The zero-order valence-corrected chi connectivity index (χ0v) is 15.7. The molecule has 1 fully saturated rings. The topological polar surface area (TPSA) is 50.2 Å². The van der Waals surface area contributed by atoms with Crippen LogP contribution in [0, 0.1) is 0 Å². The van der Waals surface area contributed by atoms with E-state index < -0.39 is 0 Å². The molecule has 0 radical (unpaired) electrons. The van der Waals surface area contributed by atoms with Crippen molar-refractivity contribution in [2.45, 2.75) is 6.04 Å². The molecule has 0 saturated carbocycles. The fourth-order valence-electron chi connectivity index (χ4n) is 2.69.